The van der Waals surface area contributed by atoms with Crippen LogP contribution < -0.4 is 15.8 Å². The Morgan fingerprint density at radius 1 is 1.19 bits per heavy atom. The standard InChI is InChI=1S/C18H32N4O2S.HI/c1-4-6-7-15(5-2)14-22-18(20-3)21-13-12-16-8-10-17(11-9-16)25(19,23)24;/h8-11,15H,4-7,12-14H2,1-3H3,(H2,19,23,24)(H2,20,21,22);1H. The lowest BCUT2D eigenvalue weighted by atomic mass is 9.99. The molecule has 0 aromatic heterocycles. The van der Waals surface area contributed by atoms with E-state index in [-0.39, 0.29) is 28.9 Å². The molecule has 4 N–H and O–H groups in total. The first-order chi connectivity index (χ1) is 11.9. The van der Waals surface area contributed by atoms with E-state index in [0.717, 1.165) is 31.0 Å². The summed E-state index contributed by atoms with van der Waals surface area (Å²) in [6.45, 7) is 6.10. The Morgan fingerprint density at radius 3 is 2.35 bits per heavy atom. The molecule has 1 unspecified atom stereocenters. The molecule has 0 radical (unpaired) electrons. The van der Waals surface area contributed by atoms with Crippen LogP contribution in [-0.4, -0.2) is 34.5 Å². The highest BCUT2D eigenvalue weighted by Crippen LogP contribution is 2.11. The second-order valence-electron chi connectivity index (χ2n) is 6.24. The van der Waals surface area contributed by atoms with Gasteiger partial charge in [0.25, 0.3) is 0 Å². The van der Waals surface area contributed by atoms with Gasteiger partial charge in [0.15, 0.2) is 5.96 Å². The molecule has 8 heteroatoms. The van der Waals surface area contributed by atoms with Gasteiger partial charge in [0.1, 0.15) is 0 Å². The van der Waals surface area contributed by atoms with Crippen molar-refractivity contribution in [3.63, 3.8) is 0 Å². The molecule has 1 aromatic rings. The summed E-state index contributed by atoms with van der Waals surface area (Å²) in [5.74, 6) is 1.47. The monoisotopic (exact) mass is 496 g/mol. The van der Waals surface area contributed by atoms with Gasteiger partial charge in [0.2, 0.25) is 10.0 Å². The Bertz CT molecular complexity index is 633. The number of nitrogens with one attached hydrogen (secondary N) is 2. The third-order valence-electron chi connectivity index (χ3n) is 4.28. The Labute approximate surface area is 175 Å². The first-order valence-electron chi connectivity index (χ1n) is 8.96. The topological polar surface area (TPSA) is 96.6 Å². The minimum absolute atomic E-state index is 0. The SMILES string of the molecule is CCCCC(CC)CNC(=NC)NCCc1ccc(S(N)(=O)=O)cc1.I. The third kappa shape index (κ3) is 9.72. The van der Waals surface area contributed by atoms with Gasteiger partial charge in [-0.1, -0.05) is 45.2 Å². The quantitative estimate of drug-likeness (QED) is 0.264. The van der Waals surface area contributed by atoms with Gasteiger partial charge >= 0.3 is 0 Å². The van der Waals surface area contributed by atoms with Crippen LogP contribution in [-0.2, 0) is 16.4 Å². The number of hydrogen-bond acceptors (Lipinski definition) is 3. The predicted octanol–water partition coefficient (Wildman–Crippen LogP) is 2.88. The summed E-state index contributed by atoms with van der Waals surface area (Å²) in [6, 6.07) is 6.65. The normalized spacial score (nSPS) is 13.0. The fourth-order valence-corrected chi connectivity index (χ4v) is 3.09. The number of aliphatic imine (C=N–C) groups is 1. The van der Waals surface area contributed by atoms with Crippen molar-refractivity contribution in [3.05, 3.63) is 29.8 Å². The number of benzene rings is 1. The minimum Gasteiger partial charge on any atom is -0.356 e. The van der Waals surface area contributed by atoms with E-state index in [1.165, 1.54) is 37.8 Å². The number of unbranched alkanes of at least 4 members (excludes halogenated alkanes) is 1. The molecule has 0 heterocycles. The summed E-state index contributed by atoms with van der Waals surface area (Å²) in [6.07, 6.45) is 5.68. The van der Waals surface area contributed by atoms with Crippen molar-refractivity contribution in [2.75, 3.05) is 20.1 Å². The summed E-state index contributed by atoms with van der Waals surface area (Å²) < 4.78 is 22.5. The lowest BCUT2D eigenvalue weighted by molar-refractivity contribution is 0.444. The first kappa shape index (κ1) is 25.1. The van der Waals surface area contributed by atoms with Gasteiger partial charge in [-0.3, -0.25) is 4.99 Å². The van der Waals surface area contributed by atoms with Gasteiger partial charge in [0.05, 0.1) is 4.90 Å². The fourth-order valence-electron chi connectivity index (χ4n) is 2.58. The second kappa shape index (κ2) is 13.3. The molecular formula is C18H33IN4O2S. The van der Waals surface area contributed by atoms with Crippen molar-refractivity contribution in [2.45, 2.75) is 50.8 Å². The van der Waals surface area contributed by atoms with E-state index < -0.39 is 10.0 Å². The number of guanidine groups is 1. The van der Waals surface area contributed by atoms with Gasteiger partial charge < -0.3 is 10.6 Å². The lowest BCUT2D eigenvalue weighted by Crippen LogP contribution is -2.40. The second-order valence-corrected chi connectivity index (χ2v) is 7.80. The van der Waals surface area contributed by atoms with Gasteiger partial charge in [-0.05, 0) is 36.5 Å². The molecule has 1 aromatic carbocycles. The number of primary sulfonamides is 1. The maximum Gasteiger partial charge on any atom is 0.238 e. The van der Waals surface area contributed by atoms with Gasteiger partial charge in [-0.15, -0.1) is 24.0 Å². The summed E-state index contributed by atoms with van der Waals surface area (Å²) >= 11 is 0. The van der Waals surface area contributed by atoms with Crippen molar-refractivity contribution < 1.29 is 8.42 Å². The average Bonchev–Trinajstić information content (AvgIpc) is 2.59. The molecule has 1 rings (SSSR count). The van der Waals surface area contributed by atoms with Crippen LogP contribution in [0.1, 0.15) is 45.1 Å². The predicted molar refractivity (Wildman–Crippen MR) is 120 cm³/mol. The first-order valence-corrected chi connectivity index (χ1v) is 10.5. The summed E-state index contributed by atoms with van der Waals surface area (Å²) in [4.78, 5) is 4.39. The fraction of sp³-hybridized carbons (Fsp3) is 0.611. The number of nitrogens with two attached hydrogens (primary N) is 1. The van der Waals surface area contributed by atoms with E-state index in [2.05, 4.69) is 29.5 Å². The molecule has 26 heavy (non-hydrogen) atoms. The molecule has 0 saturated carbocycles. The van der Waals surface area contributed by atoms with Crippen molar-refractivity contribution in [2.24, 2.45) is 16.0 Å². The largest absolute Gasteiger partial charge is 0.356 e. The average molecular weight is 496 g/mol. The smallest absolute Gasteiger partial charge is 0.238 e. The molecule has 0 bridgehead atoms. The van der Waals surface area contributed by atoms with Crippen molar-refractivity contribution >= 4 is 40.0 Å². The van der Waals surface area contributed by atoms with Crippen LogP contribution in [0.25, 0.3) is 0 Å². The summed E-state index contributed by atoms with van der Waals surface area (Å²) in [5.41, 5.74) is 1.05. The van der Waals surface area contributed by atoms with E-state index >= 15 is 0 Å². The highest BCUT2D eigenvalue weighted by atomic mass is 127. The van der Waals surface area contributed by atoms with E-state index in [9.17, 15) is 8.42 Å². The summed E-state index contributed by atoms with van der Waals surface area (Å²) in [5, 5.41) is 11.8. The summed E-state index contributed by atoms with van der Waals surface area (Å²) in [7, 11) is -1.86. The van der Waals surface area contributed by atoms with Crippen LogP contribution in [0.15, 0.2) is 34.2 Å². The van der Waals surface area contributed by atoms with E-state index in [1.54, 1.807) is 19.2 Å². The highest BCUT2D eigenvalue weighted by Gasteiger charge is 2.08. The van der Waals surface area contributed by atoms with Crippen LogP contribution in [0.5, 0.6) is 0 Å². The van der Waals surface area contributed by atoms with E-state index in [1.807, 2.05) is 0 Å². The minimum atomic E-state index is -3.63. The van der Waals surface area contributed by atoms with Crippen LogP contribution >= 0.6 is 24.0 Å². The molecule has 0 saturated heterocycles. The number of halogens is 1. The third-order valence-corrected chi connectivity index (χ3v) is 5.21. The molecule has 1 atom stereocenters. The van der Waals surface area contributed by atoms with Crippen molar-refractivity contribution in [3.8, 4) is 0 Å². The van der Waals surface area contributed by atoms with E-state index in [4.69, 9.17) is 5.14 Å². The molecule has 6 nitrogen and oxygen atoms in total. The zero-order valence-electron chi connectivity index (χ0n) is 16.0. The Hall–Kier alpha value is -0.870. The zero-order chi connectivity index (χ0) is 18.7. The highest BCUT2D eigenvalue weighted by molar-refractivity contribution is 14.0. The van der Waals surface area contributed by atoms with E-state index in [0.29, 0.717) is 5.92 Å². The number of rotatable bonds is 10. The molecule has 0 spiro atoms. The van der Waals surface area contributed by atoms with Crippen LogP contribution in [0.4, 0.5) is 0 Å². The lowest BCUT2D eigenvalue weighted by Gasteiger charge is -2.18. The molecular weight excluding hydrogens is 463 g/mol. The molecule has 0 aliphatic carbocycles. The molecule has 0 aliphatic rings. The Kier molecular flexibility index (Phi) is 12.9. The molecule has 150 valence electrons. The molecule has 0 fully saturated rings. The van der Waals surface area contributed by atoms with Crippen molar-refractivity contribution in [1.29, 1.82) is 0 Å². The van der Waals surface area contributed by atoms with Crippen LogP contribution in [0, 0.1) is 5.92 Å². The molecule has 0 amide bonds. The van der Waals surface area contributed by atoms with Gasteiger partial charge in [-0.2, -0.15) is 0 Å². The molecule has 0 aliphatic heterocycles. The number of nitrogens with zero attached hydrogens (tertiary/aromatic N) is 1. The maximum atomic E-state index is 11.2. The number of hydrogen-bond donors (Lipinski definition) is 3. The number of sulfonamides is 1. The van der Waals surface area contributed by atoms with Gasteiger partial charge in [-0.25, -0.2) is 13.6 Å². The maximum absolute atomic E-state index is 11.2. The zero-order valence-corrected chi connectivity index (χ0v) is 19.1. The Balaban J connectivity index is 0.00000625. The van der Waals surface area contributed by atoms with Crippen LogP contribution in [0.2, 0.25) is 0 Å². The Morgan fingerprint density at radius 2 is 1.85 bits per heavy atom. The van der Waals surface area contributed by atoms with Crippen molar-refractivity contribution in [1.82, 2.24) is 10.6 Å². The van der Waals surface area contributed by atoms with Crippen LogP contribution in [0.3, 0.4) is 0 Å². The van der Waals surface area contributed by atoms with Gasteiger partial charge in [0, 0.05) is 20.1 Å².